The summed E-state index contributed by atoms with van der Waals surface area (Å²) in [6.45, 7) is 0. The van der Waals surface area contributed by atoms with E-state index < -0.39 is 0 Å². The molecule has 1 heterocycles. The summed E-state index contributed by atoms with van der Waals surface area (Å²) >= 11 is 12.0. The summed E-state index contributed by atoms with van der Waals surface area (Å²) in [6, 6.07) is 15.2. The highest BCUT2D eigenvalue weighted by atomic mass is 35.5. The number of halogens is 2. The summed E-state index contributed by atoms with van der Waals surface area (Å²) in [5, 5.41) is 14.7. The Bertz CT molecular complexity index is 915. The van der Waals surface area contributed by atoms with Crippen molar-refractivity contribution in [1.29, 1.82) is 0 Å². The van der Waals surface area contributed by atoms with Crippen molar-refractivity contribution in [3.63, 3.8) is 0 Å². The minimum absolute atomic E-state index is 0.184. The Morgan fingerprint density at radius 3 is 2.42 bits per heavy atom. The molecule has 3 rings (SSSR count). The van der Waals surface area contributed by atoms with Gasteiger partial charge >= 0.3 is 0 Å². The lowest BCUT2D eigenvalue weighted by Crippen LogP contribution is -2.14. The van der Waals surface area contributed by atoms with E-state index in [-0.39, 0.29) is 11.6 Å². The van der Waals surface area contributed by atoms with Gasteiger partial charge in [0.15, 0.2) is 11.5 Å². The molecule has 132 valence electrons. The Balaban J connectivity index is 1.68. The highest BCUT2D eigenvalue weighted by Gasteiger charge is 2.10. The molecule has 0 saturated heterocycles. The summed E-state index contributed by atoms with van der Waals surface area (Å²) in [6.07, 6.45) is 0. The van der Waals surface area contributed by atoms with Gasteiger partial charge in [0.25, 0.3) is 5.91 Å². The van der Waals surface area contributed by atoms with Gasteiger partial charge in [-0.2, -0.15) is 0 Å². The van der Waals surface area contributed by atoms with Gasteiger partial charge in [0.1, 0.15) is 5.75 Å². The minimum Gasteiger partial charge on any atom is -0.497 e. The van der Waals surface area contributed by atoms with E-state index in [2.05, 4.69) is 20.8 Å². The van der Waals surface area contributed by atoms with Crippen molar-refractivity contribution in [3.05, 3.63) is 70.3 Å². The largest absolute Gasteiger partial charge is 0.497 e. The van der Waals surface area contributed by atoms with Crippen LogP contribution in [-0.2, 0) is 0 Å². The van der Waals surface area contributed by atoms with Gasteiger partial charge in [0.2, 0.25) is 0 Å². The van der Waals surface area contributed by atoms with E-state index in [4.69, 9.17) is 27.9 Å². The number of amides is 1. The van der Waals surface area contributed by atoms with Crippen molar-refractivity contribution in [2.24, 2.45) is 0 Å². The second kappa shape index (κ2) is 8.03. The molecule has 26 heavy (non-hydrogen) atoms. The van der Waals surface area contributed by atoms with Gasteiger partial charge in [0, 0.05) is 10.7 Å². The predicted molar refractivity (Wildman–Crippen MR) is 103 cm³/mol. The second-order valence-corrected chi connectivity index (χ2v) is 6.08. The first kappa shape index (κ1) is 18.0. The summed E-state index contributed by atoms with van der Waals surface area (Å²) in [4.78, 5) is 12.2. The number of carbonyl (C=O) groups is 1. The molecular weight excluding hydrogens is 375 g/mol. The molecule has 0 aliphatic heterocycles. The number of benzene rings is 2. The number of nitrogens with one attached hydrogen (secondary N) is 2. The van der Waals surface area contributed by atoms with E-state index >= 15 is 0 Å². The zero-order valence-electron chi connectivity index (χ0n) is 13.7. The quantitative estimate of drug-likeness (QED) is 0.656. The van der Waals surface area contributed by atoms with E-state index in [1.165, 1.54) is 0 Å². The molecule has 0 saturated carbocycles. The Kier molecular flexibility index (Phi) is 5.55. The molecular formula is C18H14Cl2N4O2. The van der Waals surface area contributed by atoms with Crippen molar-refractivity contribution in [2.75, 3.05) is 17.7 Å². The summed E-state index contributed by atoms with van der Waals surface area (Å²) < 4.78 is 5.08. The van der Waals surface area contributed by atoms with Crippen LogP contribution in [0.5, 0.6) is 5.75 Å². The molecule has 2 N–H and O–H groups in total. The van der Waals surface area contributed by atoms with Crippen LogP contribution in [0.4, 0.5) is 17.2 Å². The number of nitrogens with zero attached hydrogens (tertiary/aromatic N) is 2. The van der Waals surface area contributed by atoms with E-state index in [1.54, 1.807) is 61.7 Å². The molecule has 2 aromatic carbocycles. The van der Waals surface area contributed by atoms with Crippen molar-refractivity contribution in [3.8, 4) is 5.75 Å². The van der Waals surface area contributed by atoms with Gasteiger partial charge in [-0.15, -0.1) is 10.2 Å². The average Bonchev–Trinajstić information content (AvgIpc) is 2.66. The van der Waals surface area contributed by atoms with Crippen molar-refractivity contribution in [1.82, 2.24) is 10.2 Å². The molecule has 8 heteroatoms. The van der Waals surface area contributed by atoms with Crippen LogP contribution in [0.1, 0.15) is 10.5 Å². The molecule has 0 aliphatic rings. The predicted octanol–water partition coefficient (Wildman–Crippen LogP) is 4.79. The average molecular weight is 389 g/mol. The molecule has 1 aromatic heterocycles. The van der Waals surface area contributed by atoms with Crippen molar-refractivity contribution < 1.29 is 9.53 Å². The molecule has 0 fully saturated rings. The number of aromatic nitrogens is 2. The van der Waals surface area contributed by atoms with Crippen LogP contribution in [0.25, 0.3) is 0 Å². The summed E-state index contributed by atoms with van der Waals surface area (Å²) in [5.41, 5.74) is 1.41. The van der Waals surface area contributed by atoms with Gasteiger partial charge in [-0.25, -0.2) is 0 Å². The van der Waals surface area contributed by atoms with Crippen LogP contribution in [0, 0.1) is 0 Å². The molecule has 3 aromatic rings. The molecule has 0 aliphatic carbocycles. The van der Waals surface area contributed by atoms with Crippen molar-refractivity contribution >= 4 is 46.3 Å². The number of carbonyl (C=O) groups excluding carboxylic acids is 1. The van der Waals surface area contributed by atoms with Crippen LogP contribution in [0.2, 0.25) is 10.0 Å². The molecule has 0 radical (unpaired) electrons. The van der Waals surface area contributed by atoms with E-state index in [1.807, 2.05) is 0 Å². The number of anilines is 3. The monoisotopic (exact) mass is 388 g/mol. The van der Waals surface area contributed by atoms with Gasteiger partial charge < -0.3 is 15.4 Å². The lowest BCUT2D eigenvalue weighted by Gasteiger charge is -2.08. The smallest absolute Gasteiger partial charge is 0.276 e. The minimum atomic E-state index is -0.366. The fourth-order valence-corrected chi connectivity index (χ4v) is 2.46. The zero-order chi connectivity index (χ0) is 18.5. The Labute approximate surface area is 160 Å². The van der Waals surface area contributed by atoms with Crippen LogP contribution >= 0.6 is 23.2 Å². The fourth-order valence-electron chi connectivity index (χ4n) is 2.12. The van der Waals surface area contributed by atoms with Crippen molar-refractivity contribution in [2.45, 2.75) is 0 Å². The normalized spacial score (nSPS) is 10.3. The fraction of sp³-hybridized carbons (Fsp3) is 0.0556. The molecule has 0 atom stereocenters. The highest BCUT2D eigenvalue weighted by Crippen LogP contribution is 2.27. The first-order valence-electron chi connectivity index (χ1n) is 7.56. The molecule has 1 amide bonds. The van der Waals surface area contributed by atoms with Gasteiger partial charge in [-0.3, -0.25) is 4.79 Å². The molecule has 0 spiro atoms. The number of rotatable bonds is 5. The first-order valence-corrected chi connectivity index (χ1v) is 8.32. The number of methoxy groups -OCH3 is 1. The first-order chi connectivity index (χ1) is 12.5. The Morgan fingerprint density at radius 1 is 1.00 bits per heavy atom. The van der Waals surface area contributed by atoms with Crippen LogP contribution in [0.3, 0.4) is 0 Å². The third-order valence-electron chi connectivity index (χ3n) is 3.44. The standard InChI is InChI=1S/C18H14Cl2N4O2/c1-26-13-5-3-12(4-6-13)21-18(25)15-8-9-17(24-23-15)22-16-10-11(19)2-7-14(16)20/h2-10H,1H3,(H,21,25)(H,22,24). The van der Waals surface area contributed by atoms with Gasteiger partial charge in [-0.05, 0) is 54.6 Å². The topological polar surface area (TPSA) is 76.1 Å². The van der Waals surface area contributed by atoms with Gasteiger partial charge in [0.05, 0.1) is 17.8 Å². The number of ether oxygens (including phenoxy) is 1. The van der Waals surface area contributed by atoms with E-state index in [0.29, 0.717) is 33.0 Å². The maximum Gasteiger partial charge on any atom is 0.276 e. The van der Waals surface area contributed by atoms with Crippen LogP contribution < -0.4 is 15.4 Å². The molecule has 0 unspecified atom stereocenters. The lowest BCUT2D eigenvalue weighted by atomic mass is 10.3. The van der Waals surface area contributed by atoms with Crippen LogP contribution in [-0.4, -0.2) is 23.2 Å². The van der Waals surface area contributed by atoms with E-state index in [9.17, 15) is 4.79 Å². The summed E-state index contributed by atoms with van der Waals surface area (Å²) in [7, 11) is 1.58. The molecule has 6 nitrogen and oxygen atoms in total. The highest BCUT2D eigenvalue weighted by molar-refractivity contribution is 6.35. The zero-order valence-corrected chi connectivity index (χ0v) is 15.2. The van der Waals surface area contributed by atoms with Gasteiger partial charge in [-0.1, -0.05) is 23.2 Å². The SMILES string of the molecule is COc1ccc(NC(=O)c2ccc(Nc3cc(Cl)ccc3Cl)nn2)cc1. The third-order valence-corrected chi connectivity index (χ3v) is 4.00. The molecule has 0 bridgehead atoms. The third kappa shape index (κ3) is 4.41. The Morgan fingerprint density at radius 2 is 1.77 bits per heavy atom. The van der Waals surface area contributed by atoms with E-state index in [0.717, 1.165) is 0 Å². The Hall–Kier alpha value is -2.83. The number of hydrogen-bond acceptors (Lipinski definition) is 5. The maximum atomic E-state index is 12.2. The maximum absolute atomic E-state index is 12.2. The van der Waals surface area contributed by atoms with Crippen LogP contribution in [0.15, 0.2) is 54.6 Å². The summed E-state index contributed by atoms with van der Waals surface area (Å²) in [5.74, 6) is 0.781. The second-order valence-electron chi connectivity index (χ2n) is 5.24. The number of hydrogen-bond donors (Lipinski definition) is 2. The lowest BCUT2D eigenvalue weighted by molar-refractivity contribution is 0.102.